The van der Waals surface area contributed by atoms with E-state index in [0.29, 0.717) is 0 Å². The number of rotatable bonds is 5. The van der Waals surface area contributed by atoms with Crippen molar-refractivity contribution < 1.29 is 4.42 Å². The SMILES string of the molecule is CCC(C)(C)c1ccc(C(NC)c2occc2C)cc1. The number of hydrogen-bond acceptors (Lipinski definition) is 2. The molecular weight excluding hydrogens is 246 g/mol. The lowest BCUT2D eigenvalue weighted by Crippen LogP contribution is -2.19. The van der Waals surface area contributed by atoms with E-state index in [9.17, 15) is 0 Å². The molecule has 0 saturated heterocycles. The molecule has 108 valence electrons. The van der Waals surface area contributed by atoms with Crippen LogP contribution in [-0.2, 0) is 5.41 Å². The molecule has 1 N–H and O–H groups in total. The van der Waals surface area contributed by atoms with E-state index < -0.39 is 0 Å². The second kappa shape index (κ2) is 5.84. The molecule has 2 aromatic rings. The van der Waals surface area contributed by atoms with E-state index in [1.165, 1.54) is 16.7 Å². The van der Waals surface area contributed by atoms with Gasteiger partial charge in [-0.3, -0.25) is 0 Å². The van der Waals surface area contributed by atoms with Crippen LogP contribution < -0.4 is 5.32 Å². The zero-order valence-electron chi connectivity index (χ0n) is 13.2. The van der Waals surface area contributed by atoms with E-state index in [2.05, 4.69) is 57.3 Å². The zero-order chi connectivity index (χ0) is 14.8. The predicted octanol–water partition coefficient (Wildman–Crippen LogP) is 4.58. The fraction of sp³-hybridized carbons (Fsp3) is 0.444. The molecule has 0 aliphatic carbocycles. The number of aryl methyl sites for hydroxylation is 1. The van der Waals surface area contributed by atoms with Crippen LogP contribution in [-0.4, -0.2) is 7.05 Å². The third-order valence-electron chi connectivity index (χ3n) is 4.36. The lowest BCUT2D eigenvalue weighted by Gasteiger charge is -2.24. The molecular formula is C18H25NO. The third-order valence-corrected chi connectivity index (χ3v) is 4.36. The van der Waals surface area contributed by atoms with Crippen molar-refractivity contribution in [3.63, 3.8) is 0 Å². The van der Waals surface area contributed by atoms with Crippen LogP contribution in [0.2, 0.25) is 0 Å². The highest BCUT2D eigenvalue weighted by Gasteiger charge is 2.20. The normalized spacial score (nSPS) is 13.4. The maximum atomic E-state index is 5.63. The van der Waals surface area contributed by atoms with Crippen molar-refractivity contribution in [3.05, 3.63) is 59.0 Å². The quantitative estimate of drug-likeness (QED) is 0.860. The van der Waals surface area contributed by atoms with Gasteiger partial charge < -0.3 is 9.73 Å². The van der Waals surface area contributed by atoms with Gasteiger partial charge >= 0.3 is 0 Å². The summed E-state index contributed by atoms with van der Waals surface area (Å²) in [5.41, 5.74) is 4.03. The Morgan fingerprint density at radius 3 is 2.25 bits per heavy atom. The Morgan fingerprint density at radius 2 is 1.80 bits per heavy atom. The van der Waals surface area contributed by atoms with Gasteiger partial charge in [-0.15, -0.1) is 0 Å². The fourth-order valence-electron chi connectivity index (χ4n) is 2.46. The predicted molar refractivity (Wildman–Crippen MR) is 84.1 cm³/mol. The van der Waals surface area contributed by atoms with Crippen LogP contribution in [0.4, 0.5) is 0 Å². The maximum Gasteiger partial charge on any atom is 0.128 e. The van der Waals surface area contributed by atoms with Gasteiger partial charge in [0.1, 0.15) is 5.76 Å². The molecule has 0 amide bonds. The molecule has 2 rings (SSSR count). The Morgan fingerprint density at radius 1 is 1.15 bits per heavy atom. The first-order valence-electron chi connectivity index (χ1n) is 7.31. The van der Waals surface area contributed by atoms with Gasteiger partial charge in [0.2, 0.25) is 0 Å². The fourth-order valence-corrected chi connectivity index (χ4v) is 2.46. The molecule has 0 aliphatic heterocycles. The van der Waals surface area contributed by atoms with E-state index in [1.54, 1.807) is 6.26 Å². The summed E-state index contributed by atoms with van der Waals surface area (Å²) in [5, 5.41) is 3.34. The van der Waals surface area contributed by atoms with E-state index in [-0.39, 0.29) is 11.5 Å². The van der Waals surface area contributed by atoms with Gasteiger partial charge in [0, 0.05) is 0 Å². The summed E-state index contributed by atoms with van der Waals surface area (Å²) in [6, 6.07) is 11.0. The minimum atomic E-state index is 0.115. The molecule has 0 bridgehead atoms. The lowest BCUT2D eigenvalue weighted by atomic mass is 9.81. The average Bonchev–Trinajstić information content (AvgIpc) is 2.87. The summed E-state index contributed by atoms with van der Waals surface area (Å²) in [6.45, 7) is 8.89. The van der Waals surface area contributed by atoms with E-state index in [1.807, 2.05) is 13.1 Å². The summed E-state index contributed by atoms with van der Waals surface area (Å²) in [6.07, 6.45) is 2.89. The Labute approximate surface area is 122 Å². The van der Waals surface area contributed by atoms with Gasteiger partial charge in [-0.2, -0.15) is 0 Å². The van der Waals surface area contributed by atoms with E-state index in [4.69, 9.17) is 4.42 Å². The van der Waals surface area contributed by atoms with Crippen LogP contribution in [0.3, 0.4) is 0 Å². The van der Waals surface area contributed by atoms with E-state index >= 15 is 0 Å². The Kier molecular flexibility index (Phi) is 4.34. The second-order valence-corrected chi connectivity index (χ2v) is 6.05. The van der Waals surface area contributed by atoms with Gasteiger partial charge in [-0.1, -0.05) is 45.0 Å². The molecule has 1 atom stereocenters. The Bertz CT molecular complexity index is 551. The molecule has 20 heavy (non-hydrogen) atoms. The van der Waals surface area contributed by atoms with Crippen molar-refractivity contribution in [1.82, 2.24) is 5.32 Å². The van der Waals surface area contributed by atoms with Crippen molar-refractivity contribution in [2.75, 3.05) is 7.05 Å². The number of hydrogen-bond donors (Lipinski definition) is 1. The standard InChI is InChI=1S/C18H25NO/c1-6-18(3,4)15-9-7-14(8-10-15)16(19-5)17-13(2)11-12-20-17/h7-12,16,19H,6H2,1-5H3. The van der Waals surface area contributed by atoms with Crippen LogP contribution in [0, 0.1) is 6.92 Å². The van der Waals surface area contributed by atoms with Crippen molar-refractivity contribution in [2.24, 2.45) is 0 Å². The highest BCUT2D eigenvalue weighted by atomic mass is 16.3. The van der Waals surface area contributed by atoms with Gasteiger partial charge in [-0.25, -0.2) is 0 Å². The summed E-state index contributed by atoms with van der Waals surface area (Å²) in [4.78, 5) is 0. The first kappa shape index (κ1) is 14.9. The second-order valence-electron chi connectivity index (χ2n) is 6.05. The summed E-state index contributed by atoms with van der Waals surface area (Å²) >= 11 is 0. The molecule has 2 heteroatoms. The largest absolute Gasteiger partial charge is 0.467 e. The lowest BCUT2D eigenvalue weighted by molar-refractivity contribution is 0.460. The molecule has 1 aromatic carbocycles. The smallest absolute Gasteiger partial charge is 0.128 e. The topological polar surface area (TPSA) is 25.2 Å². The van der Waals surface area contributed by atoms with Crippen LogP contribution in [0.25, 0.3) is 0 Å². The maximum absolute atomic E-state index is 5.63. The summed E-state index contributed by atoms with van der Waals surface area (Å²) in [5.74, 6) is 0.995. The first-order valence-corrected chi connectivity index (χ1v) is 7.31. The average molecular weight is 271 g/mol. The molecule has 0 aliphatic rings. The van der Waals surface area contributed by atoms with Gasteiger partial charge in [-0.05, 0) is 48.6 Å². The molecule has 2 nitrogen and oxygen atoms in total. The number of benzene rings is 1. The number of furan rings is 1. The minimum Gasteiger partial charge on any atom is -0.467 e. The summed E-state index contributed by atoms with van der Waals surface area (Å²) in [7, 11) is 1.97. The first-order chi connectivity index (χ1) is 9.49. The Balaban J connectivity index is 2.31. The van der Waals surface area contributed by atoms with Gasteiger partial charge in [0.25, 0.3) is 0 Å². The van der Waals surface area contributed by atoms with E-state index in [0.717, 1.165) is 12.2 Å². The molecule has 1 unspecified atom stereocenters. The van der Waals surface area contributed by atoms with Gasteiger partial charge in [0.15, 0.2) is 0 Å². The van der Waals surface area contributed by atoms with Crippen LogP contribution in [0.15, 0.2) is 41.0 Å². The Hall–Kier alpha value is -1.54. The minimum absolute atomic E-state index is 0.115. The molecule has 0 spiro atoms. The molecule has 1 heterocycles. The highest BCUT2D eigenvalue weighted by molar-refractivity contribution is 5.34. The highest BCUT2D eigenvalue weighted by Crippen LogP contribution is 2.30. The van der Waals surface area contributed by atoms with Crippen molar-refractivity contribution >= 4 is 0 Å². The van der Waals surface area contributed by atoms with Crippen LogP contribution >= 0.6 is 0 Å². The number of nitrogens with one attached hydrogen (secondary N) is 1. The zero-order valence-corrected chi connectivity index (χ0v) is 13.2. The molecule has 0 fully saturated rings. The van der Waals surface area contributed by atoms with Crippen molar-refractivity contribution in [1.29, 1.82) is 0 Å². The van der Waals surface area contributed by atoms with Crippen LogP contribution in [0.1, 0.15) is 55.7 Å². The molecule has 1 aromatic heterocycles. The van der Waals surface area contributed by atoms with Crippen LogP contribution in [0.5, 0.6) is 0 Å². The molecule has 0 radical (unpaired) electrons. The van der Waals surface area contributed by atoms with Crippen molar-refractivity contribution in [3.8, 4) is 0 Å². The van der Waals surface area contributed by atoms with Gasteiger partial charge in [0.05, 0.1) is 12.3 Å². The van der Waals surface area contributed by atoms with Crippen molar-refractivity contribution in [2.45, 2.75) is 45.6 Å². The monoisotopic (exact) mass is 271 g/mol. The third kappa shape index (κ3) is 2.80. The summed E-state index contributed by atoms with van der Waals surface area (Å²) < 4.78 is 5.63. The molecule has 0 saturated carbocycles.